The van der Waals surface area contributed by atoms with Crippen LogP contribution in [0.4, 0.5) is 17.6 Å². The summed E-state index contributed by atoms with van der Waals surface area (Å²) in [5.41, 5.74) is -0.825. The quantitative estimate of drug-likeness (QED) is 0.609. The summed E-state index contributed by atoms with van der Waals surface area (Å²) < 4.78 is 107. The molecular weight excluding hydrogens is 460 g/mol. The number of sulfone groups is 2. The predicted octanol–water partition coefficient (Wildman–Crippen LogP) is 4.33. The molecule has 1 saturated heterocycles. The topological polar surface area (TPSA) is 77.5 Å². The Morgan fingerprint density at radius 3 is 2.32 bits per heavy atom. The maximum Gasteiger partial charge on any atom is 0.416 e. The van der Waals surface area contributed by atoms with Crippen LogP contribution in [0.15, 0.2) is 52.3 Å². The highest BCUT2D eigenvalue weighted by Gasteiger charge is 2.45. The normalized spacial score (nSPS) is 23.0. The standard InChI is InChI=1S/C20H20F4O5S2/c1-19(31(27,28)15-5-3-4-14(11-15)20(22,23)24)8-9-29-17(12-19)13-6-7-18(16(21)10-13)30(2,25)26/h3-7,10-11,17H,8-9,12H2,1-2H3. The van der Waals surface area contributed by atoms with E-state index in [0.717, 1.165) is 36.6 Å². The molecule has 0 bridgehead atoms. The van der Waals surface area contributed by atoms with Crippen LogP contribution in [0, 0.1) is 5.82 Å². The number of benzene rings is 2. The average Bonchev–Trinajstić information content (AvgIpc) is 2.66. The van der Waals surface area contributed by atoms with Crippen molar-refractivity contribution in [1.82, 2.24) is 0 Å². The number of ether oxygens (including phenoxy) is 1. The van der Waals surface area contributed by atoms with Crippen molar-refractivity contribution in [3.8, 4) is 0 Å². The summed E-state index contributed by atoms with van der Waals surface area (Å²) in [7, 11) is -7.98. The zero-order valence-electron chi connectivity index (χ0n) is 16.6. The molecule has 3 rings (SSSR count). The highest BCUT2D eigenvalue weighted by molar-refractivity contribution is 7.92. The van der Waals surface area contributed by atoms with Gasteiger partial charge in [-0.2, -0.15) is 13.2 Å². The molecule has 0 aliphatic carbocycles. The van der Waals surface area contributed by atoms with Gasteiger partial charge in [0.05, 0.1) is 21.3 Å². The maximum atomic E-state index is 14.3. The van der Waals surface area contributed by atoms with Crippen LogP contribution >= 0.6 is 0 Å². The Morgan fingerprint density at radius 1 is 1.06 bits per heavy atom. The number of rotatable bonds is 4. The van der Waals surface area contributed by atoms with Gasteiger partial charge in [-0.25, -0.2) is 21.2 Å². The van der Waals surface area contributed by atoms with Crippen LogP contribution in [0.3, 0.4) is 0 Å². The zero-order chi connectivity index (χ0) is 23.2. The van der Waals surface area contributed by atoms with Gasteiger partial charge in [0.1, 0.15) is 10.7 Å². The van der Waals surface area contributed by atoms with Crippen molar-refractivity contribution in [1.29, 1.82) is 0 Å². The third-order valence-corrected chi connectivity index (χ3v) is 9.09. The molecule has 1 heterocycles. The van der Waals surface area contributed by atoms with E-state index >= 15 is 0 Å². The lowest BCUT2D eigenvalue weighted by Gasteiger charge is -2.38. The molecule has 2 unspecified atom stereocenters. The van der Waals surface area contributed by atoms with Gasteiger partial charge >= 0.3 is 6.18 Å². The molecule has 0 radical (unpaired) electrons. The van der Waals surface area contributed by atoms with Crippen LogP contribution in [0.1, 0.15) is 37.0 Å². The largest absolute Gasteiger partial charge is 0.416 e. The van der Waals surface area contributed by atoms with Crippen LogP contribution in [0.2, 0.25) is 0 Å². The first-order valence-electron chi connectivity index (χ1n) is 9.18. The number of halogens is 4. The summed E-state index contributed by atoms with van der Waals surface area (Å²) in [4.78, 5) is -0.949. The molecule has 0 N–H and O–H groups in total. The molecule has 2 aromatic carbocycles. The summed E-state index contributed by atoms with van der Waals surface area (Å²) in [5, 5.41) is 0. The Balaban J connectivity index is 1.96. The molecule has 0 aromatic heterocycles. The van der Waals surface area contributed by atoms with Crippen LogP contribution in [-0.2, 0) is 30.6 Å². The molecule has 0 amide bonds. The van der Waals surface area contributed by atoms with Gasteiger partial charge in [-0.3, -0.25) is 0 Å². The number of hydrogen-bond donors (Lipinski definition) is 0. The molecule has 2 atom stereocenters. The summed E-state index contributed by atoms with van der Waals surface area (Å²) in [6.07, 6.45) is -4.80. The summed E-state index contributed by atoms with van der Waals surface area (Å²) >= 11 is 0. The minimum atomic E-state index is -4.69. The molecule has 5 nitrogen and oxygen atoms in total. The van der Waals surface area contributed by atoms with E-state index in [1.54, 1.807) is 0 Å². The summed E-state index contributed by atoms with van der Waals surface area (Å²) in [6, 6.07) is 6.94. The van der Waals surface area contributed by atoms with E-state index in [-0.39, 0.29) is 25.0 Å². The second-order valence-electron chi connectivity index (χ2n) is 7.75. The molecule has 0 spiro atoms. The van der Waals surface area contributed by atoms with Gasteiger partial charge in [0.2, 0.25) is 0 Å². The fourth-order valence-electron chi connectivity index (χ4n) is 3.57. The molecule has 1 fully saturated rings. The smallest absolute Gasteiger partial charge is 0.373 e. The van der Waals surface area contributed by atoms with E-state index in [2.05, 4.69) is 0 Å². The van der Waals surface area contributed by atoms with Crippen molar-refractivity contribution in [2.75, 3.05) is 12.9 Å². The Kier molecular flexibility index (Phi) is 6.00. The van der Waals surface area contributed by atoms with Crippen molar-refractivity contribution < 1.29 is 39.1 Å². The molecule has 2 aromatic rings. The maximum absolute atomic E-state index is 14.3. The van der Waals surface area contributed by atoms with Crippen molar-refractivity contribution in [3.63, 3.8) is 0 Å². The molecule has 11 heteroatoms. The van der Waals surface area contributed by atoms with E-state index in [0.29, 0.717) is 6.07 Å². The van der Waals surface area contributed by atoms with Crippen molar-refractivity contribution in [2.24, 2.45) is 0 Å². The van der Waals surface area contributed by atoms with Gasteiger partial charge in [-0.05, 0) is 55.7 Å². The highest BCUT2D eigenvalue weighted by Crippen LogP contribution is 2.43. The summed E-state index contributed by atoms with van der Waals surface area (Å²) in [6.45, 7) is 1.40. The second-order valence-corrected chi connectivity index (χ2v) is 12.2. The molecule has 31 heavy (non-hydrogen) atoms. The third kappa shape index (κ3) is 4.63. The van der Waals surface area contributed by atoms with Crippen LogP contribution in [0.25, 0.3) is 0 Å². The molecule has 1 aliphatic rings. The van der Waals surface area contributed by atoms with Crippen molar-refractivity contribution >= 4 is 19.7 Å². The van der Waals surface area contributed by atoms with Gasteiger partial charge in [0, 0.05) is 12.9 Å². The Bertz CT molecular complexity index is 1210. The molecule has 170 valence electrons. The third-order valence-electron chi connectivity index (χ3n) is 5.41. The Hall–Kier alpha value is -1.98. The first-order valence-corrected chi connectivity index (χ1v) is 12.6. The molecule has 1 aliphatic heterocycles. The predicted molar refractivity (Wildman–Crippen MR) is 104 cm³/mol. The van der Waals surface area contributed by atoms with E-state index in [1.165, 1.54) is 13.0 Å². The van der Waals surface area contributed by atoms with E-state index < -0.39 is 57.9 Å². The minimum Gasteiger partial charge on any atom is -0.373 e. The lowest BCUT2D eigenvalue weighted by molar-refractivity contribution is -0.137. The Morgan fingerprint density at radius 2 is 1.74 bits per heavy atom. The number of alkyl halides is 3. The Labute approximate surface area is 177 Å². The van der Waals surface area contributed by atoms with Crippen molar-refractivity contribution in [2.45, 2.75) is 46.6 Å². The van der Waals surface area contributed by atoms with E-state index in [4.69, 9.17) is 4.74 Å². The van der Waals surface area contributed by atoms with Crippen LogP contribution in [0.5, 0.6) is 0 Å². The molecule has 0 saturated carbocycles. The van der Waals surface area contributed by atoms with Gasteiger partial charge in [0.15, 0.2) is 19.7 Å². The zero-order valence-corrected chi connectivity index (χ0v) is 18.2. The van der Waals surface area contributed by atoms with Gasteiger partial charge in [0.25, 0.3) is 0 Å². The molecular formula is C20H20F4O5S2. The van der Waals surface area contributed by atoms with E-state index in [1.807, 2.05) is 0 Å². The van der Waals surface area contributed by atoms with Gasteiger partial charge in [-0.1, -0.05) is 12.1 Å². The van der Waals surface area contributed by atoms with Crippen LogP contribution < -0.4 is 0 Å². The van der Waals surface area contributed by atoms with Gasteiger partial charge in [-0.15, -0.1) is 0 Å². The first kappa shape index (κ1) is 23.7. The SMILES string of the molecule is CC1(S(=O)(=O)c2cccc(C(F)(F)F)c2)CCOC(c2ccc(S(C)(=O)=O)c(F)c2)C1. The fraction of sp³-hybridized carbons (Fsp3) is 0.400. The highest BCUT2D eigenvalue weighted by atomic mass is 32.2. The number of hydrogen-bond acceptors (Lipinski definition) is 5. The fourth-order valence-corrected chi connectivity index (χ4v) is 6.13. The second kappa shape index (κ2) is 7.86. The first-order chi connectivity index (χ1) is 14.1. The monoisotopic (exact) mass is 480 g/mol. The van der Waals surface area contributed by atoms with Crippen molar-refractivity contribution in [3.05, 3.63) is 59.4 Å². The average molecular weight is 481 g/mol. The van der Waals surface area contributed by atoms with Gasteiger partial charge < -0.3 is 4.74 Å². The minimum absolute atomic E-state index is 0.0190. The lowest BCUT2D eigenvalue weighted by Crippen LogP contribution is -2.42. The van der Waals surface area contributed by atoms with Crippen LogP contribution in [-0.4, -0.2) is 34.4 Å². The summed E-state index contributed by atoms with van der Waals surface area (Å²) in [5.74, 6) is -0.989. The van der Waals surface area contributed by atoms with E-state index in [9.17, 15) is 34.4 Å². The lowest BCUT2D eigenvalue weighted by atomic mass is 9.92.